The van der Waals surface area contributed by atoms with E-state index in [0.717, 1.165) is 10.5 Å². The minimum absolute atomic E-state index is 0.0867. The zero-order chi connectivity index (χ0) is 22.3. The molecule has 2 rings (SSSR count). The number of aryl methyl sites for hydroxylation is 1. The molecule has 0 saturated heterocycles. The van der Waals surface area contributed by atoms with E-state index in [-0.39, 0.29) is 23.1 Å². The van der Waals surface area contributed by atoms with Crippen LogP contribution in [-0.4, -0.2) is 34.0 Å². The van der Waals surface area contributed by atoms with Crippen LogP contribution in [-0.2, 0) is 16.1 Å². The van der Waals surface area contributed by atoms with Crippen molar-refractivity contribution in [2.75, 3.05) is 5.75 Å². The number of benzene rings is 2. The van der Waals surface area contributed by atoms with Crippen LogP contribution in [0, 0.1) is 6.92 Å². The Morgan fingerprint density at radius 1 is 1.10 bits per heavy atom. The maximum atomic E-state index is 13.3. The number of hydrogen-bond donors (Lipinski definition) is 1. The zero-order valence-corrected chi connectivity index (χ0v) is 19.9. The van der Waals surface area contributed by atoms with Gasteiger partial charge < -0.3 is 10.2 Å². The molecule has 0 heterocycles. The number of hydrogen-bond acceptors (Lipinski definition) is 3. The minimum atomic E-state index is -0.563. The molecule has 2 aromatic rings. The monoisotopic (exact) mass is 446 g/mol. The van der Waals surface area contributed by atoms with Gasteiger partial charge in [0.2, 0.25) is 11.8 Å². The van der Waals surface area contributed by atoms with Gasteiger partial charge in [0.05, 0.1) is 5.75 Å². The highest BCUT2D eigenvalue weighted by Crippen LogP contribution is 2.23. The molecular formula is C24H31ClN2O2S. The van der Waals surface area contributed by atoms with E-state index >= 15 is 0 Å². The Morgan fingerprint density at radius 3 is 2.30 bits per heavy atom. The number of halogens is 1. The lowest BCUT2D eigenvalue weighted by molar-refractivity contribution is -0.140. The van der Waals surface area contributed by atoms with E-state index in [2.05, 4.69) is 5.32 Å². The largest absolute Gasteiger partial charge is 0.350 e. The van der Waals surface area contributed by atoms with E-state index < -0.39 is 6.04 Å². The summed E-state index contributed by atoms with van der Waals surface area (Å²) in [4.78, 5) is 28.9. The van der Waals surface area contributed by atoms with Gasteiger partial charge in [0, 0.05) is 22.0 Å². The molecule has 1 atom stereocenters. The standard InChI is InChI=1S/C24H31ClN2O2S/c1-6-21(23(29)26-24(3,4)5)27(15-18-9-7-8-10-20(18)25)22(28)16-30-19-13-11-17(2)12-14-19/h7-14,21H,6,15-16H2,1-5H3,(H,26,29)/t21-/m0/s1. The van der Waals surface area contributed by atoms with Crippen LogP contribution < -0.4 is 5.32 Å². The molecule has 0 aliphatic rings. The Kier molecular flexibility index (Phi) is 8.80. The Hall–Kier alpha value is -1.98. The number of nitrogens with zero attached hydrogens (tertiary/aromatic N) is 1. The highest BCUT2D eigenvalue weighted by atomic mass is 35.5. The van der Waals surface area contributed by atoms with Crippen molar-refractivity contribution in [3.05, 3.63) is 64.7 Å². The van der Waals surface area contributed by atoms with Crippen LogP contribution in [0.3, 0.4) is 0 Å². The van der Waals surface area contributed by atoms with E-state index in [1.807, 2.05) is 77.1 Å². The first-order valence-electron chi connectivity index (χ1n) is 10.1. The lowest BCUT2D eigenvalue weighted by Gasteiger charge is -2.33. The number of nitrogens with one attached hydrogen (secondary N) is 1. The first kappa shape index (κ1) is 24.3. The molecule has 0 bridgehead atoms. The molecule has 0 aromatic heterocycles. The summed E-state index contributed by atoms with van der Waals surface area (Å²) in [5.74, 6) is 0.0226. The number of carbonyl (C=O) groups excluding carboxylic acids is 2. The quantitative estimate of drug-likeness (QED) is 0.547. The fraction of sp³-hybridized carbons (Fsp3) is 0.417. The first-order chi connectivity index (χ1) is 14.1. The molecule has 0 saturated carbocycles. The number of carbonyl (C=O) groups is 2. The van der Waals surface area contributed by atoms with E-state index in [1.54, 1.807) is 11.0 Å². The highest BCUT2D eigenvalue weighted by molar-refractivity contribution is 8.00. The minimum Gasteiger partial charge on any atom is -0.350 e. The van der Waals surface area contributed by atoms with E-state index in [1.165, 1.54) is 17.3 Å². The number of amides is 2. The van der Waals surface area contributed by atoms with Gasteiger partial charge in [-0.15, -0.1) is 11.8 Å². The lowest BCUT2D eigenvalue weighted by atomic mass is 10.1. The summed E-state index contributed by atoms with van der Waals surface area (Å²) in [5, 5.41) is 3.60. The third-order valence-corrected chi connectivity index (χ3v) is 5.93. The SMILES string of the molecule is CC[C@@H](C(=O)NC(C)(C)C)N(Cc1ccccc1Cl)C(=O)CSc1ccc(C)cc1. The zero-order valence-electron chi connectivity index (χ0n) is 18.4. The summed E-state index contributed by atoms with van der Waals surface area (Å²) < 4.78 is 0. The molecule has 0 unspecified atom stereocenters. The Bertz CT molecular complexity index is 862. The molecule has 0 aliphatic carbocycles. The van der Waals surface area contributed by atoms with Crippen molar-refractivity contribution >= 4 is 35.2 Å². The van der Waals surface area contributed by atoms with E-state index in [4.69, 9.17) is 11.6 Å². The maximum absolute atomic E-state index is 13.3. The molecule has 0 aliphatic heterocycles. The fourth-order valence-corrected chi connectivity index (χ4v) is 4.03. The molecule has 2 amide bonds. The van der Waals surface area contributed by atoms with Gasteiger partial charge >= 0.3 is 0 Å². The van der Waals surface area contributed by atoms with Gasteiger partial charge in [-0.3, -0.25) is 9.59 Å². The van der Waals surface area contributed by atoms with Crippen LogP contribution in [0.15, 0.2) is 53.4 Å². The summed E-state index contributed by atoms with van der Waals surface area (Å²) in [6.07, 6.45) is 0.521. The van der Waals surface area contributed by atoms with Crippen molar-refractivity contribution in [1.29, 1.82) is 0 Å². The van der Waals surface area contributed by atoms with Crippen molar-refractivity contribution < 1.29 is 9.59 Å². The van der Waals surface area contributed by atoms with Gasteiger partial charge in [0.1, 0.15) is 6.04 Å². The Morgan fingerprint density at radius 2 is 1.73 bits per heavy atom. The third-order valence-electron chi connectivity index (χ3n) is 4.57. The smallest absolute Gasteiger partial charge is 0.243 e. The fourth-order valence-electron chi connectivity index (χ4n) is 3.05. The van der Waals surface area contributed by atoms with Crippen LogP contribution in [0.5, 0.6) is 0 Å². The molecule has 0 spiro atoms. The molecule has 0 radical (unpaired) electrons. The van der Waals surface area contributed by atoms with Crippen molar-refractivity contribution in [2.24, 2.45) is 0 Å². The summed E-state index contributed by atoms with van der Waals surface area (Å²) in [5.41, 5.74) is 1.63. The summed E-state index contributed by atoms with van der Waals surface area (Å²) in [6.45, 7) is 10.1. The van der Waals surface area contributed by atoms with Crippen molar-refractivity contribution in [1.82, 2.24) is 10.2 Å². The Labute approximate surface area is 189 Å². The second kappa shape index (κ2) is 10.9. The molecule has 6 heteroatoms. The third kappa shape index (κ3) is 7.37. The molecular weight excluding hydrogens is 416 g/mol. The Balaban J connectivity index is 2.24. The molecule has 2 aromatic carbocycles. The second-order valence-electron chi connectivity index (χ2n) is 8.38. The van der Waals surface area contributed by atoms with Crippen molar-refractivity contribution in [3.8, 4) is 0 Å². The van der Waals surface area contributed by atoms with Gasteiger partial charge in [-0.1, -0.05) is 54.4 Å². The first-order valence-corrected chi connectivity index (χ1v) is 11.5. The maximum Gasteiger partial charge on any atom is 0.243 e. The number of rotatable bonds is 8. The van der Waals surface area contributed by atoms with Gasteiger partial charge in [-0.05, 0) is 57.9 Å². The van der Waals surface area contributed by atoms with Crippen molar-refractivity contribution in [3.63, 3.8) is 0 Å². The van der Waals surface area contributed by atoms with Crippen LogP contribution in [0.25, 0.3) is 0 Å². The predicted octanol–water partition coefficient (Wildman–Crippen LogP) is 5.46. The highest BCUT2D eigenvalue weighted by Gasteiger charge is 2.30. The van der Waals surface area contributed by atoms with E-state index in [0.29, 0.717) is 18.0 Å². The topological polar surface area (TPSA) is 49.4 Å². The average Bonchev–Trinajstić information content (AvgIpc) is 2.67. The van der Waals surface area contributed by atoms with Gasteiger partial charge in [-0.2, -0.15) is 0 Å². The molecule has 1 N–H and O–H groups in total. The molecule has 4 nitrogen and oxygen atoms in total. The normalized spacial score (nSPS) is 12.3. The van der Waals surface area contributed by atoms with Gasteiger partial charge in [0.25, 0.3) is 0 Å². The van der Waals surface area contributed by atoms with Crippen molar-refractivity contribution in [2.45, 2.75) is 64.1 Å². The van der Waals surface area contributed by atoms with Crippen LogP contribution >= 0.6 is 23.4 Å². The van der Waals surface area contributed by atoms with Crippen LogP contribution in [0.2, 0.25) is 5.02 Å². The predicted molar refractivity (Wildman–Crippen MR) is 126 cm³/mol. The molecule has 0 fully saturated rings. The second-order valence-corrected chi connectivity index (χ2v) is 9.83. The molecule has 30 heavy (non-hydrogen) atoms. The summed E-state index contributed by atoms with van der Waals surface area (Å²) in [6, 6.07) is 15.0. The van der Waals surface area contributed by atoms with Crippen LogP contribution in [0.4, 0.5) is 0 Å². The number of thioether (sulfide) groups is 1. The summed E-state index contributed by atoms with van der Waals surface area (Å²) in [7, 11) is 0. The van der Waals surface area contributed by atoms with Crippen LogP contribution in [0.1, 0.15) is 45.2 Å². The van der Waals surface area contributed by atoms with Gasteiger partial charge in [0.15, 0.2) is 0 Å². The lowest BCUT2D eigenvalue weighted by Crippen LogP contribution is -2.53. The average molecular weight is 447 g/mol. The summed E-state index contributed by atoms with van der Waals surface area (Å²) >= 11 is 7.83. The van der Waals surface area contributed by atoms with Gasteiger partial charge in [-0.25, -0.2) is 0 Å². The van der Waals surface area contributed by atoms with E-state index in [9.17, 15) is 9.59 Å². The molecule has 162 valence electrons.